The minimum atomic E-state index is 1.34. The zero-order valence-electron chi connectivity index (χ0n) is 9.18. The Hall–Kier alpha value is 0.700. The molecule has 13 heavy (non-hydrogen) atoms. The standard InChI is InChI=1S/C11H24S2/c1-3-5-7-8-9-11-13-12-10-6-4-2/h3-11H2,1-2H3. The first-order valence-electron chi connectivity index (χ1n) is 5.66. The highest BCUT2D eigenvalue weighted by molar-refractivity contribution is 8.76. The summed E-state index contributed by atoms with van der Waals surface area (Å²) in [6.45, 7) is 4.53. The molecule has 0 aliphatic carbocycles. The Labute approximate surface area is 92.0 Å². The van der Waals surface area contributed by atoms with Crippen LogP contribution in [0.5, 0.6) is 0 Å². The van der Waals surface area contributed by atoms with E-state index in [9.17, 15) is 0 Å². The van der Waals surface area contributed by atoms with Crippen molar-refractivity contribution >= 4 is 21.6 Å². The summed E-state index contributed by atoms with van der Waals surface area (Å²) < 4.78 is 0. The van der Waals surface area contributed by atoms with Crippen LogP contribution in [0.3, 0.4) is 0 Å². The van der Waals surface area contributed by atoms with Gasteiger partial charge in [-0.15, -0.1) is 0 Å². The van der Waals surface area contributed by atoms with Gasteiger partial charge >= 0.3 is 0 Å². The van der Waals surface area contributed by atoms with Crippen LogP contribution in [0, 0.1) is 0 Å². The van der Waals surface area contributed by atoms with Gasteiger partial charge in [0.15, 0.2) is 0 Å². The van der Waals surface area contributed by atoms with E-state index in [2.05, 4.69) is 35.4 Å². The van der Waals surface area contributed by atoms with Crippen molar-refractivity contribution in [1.29, 1.82) is 0 Å². The van der Waals surface area contributed by atoms with Crippen molar-refractivity contribution in [2.75, 3.05) is 11.5 Å². The van der Waals surface area contributed by atoms with E-state index in [0.29, 0.717) is 0 Å². The lowest BCUT2D eigenvalue weighted by Crippen LogP contribution is -1.80. The fourth-order valence-corrected chi connectivity index (χ4v) is 3.46. The molecule has 2 heteroatoms. The lowest BCUT2D eigenvalue weighted by molar-refractivity contribution is 0.660. The summed E-state index contributed by atoms with van der Waals surface area (Å²) in [7, 11) is 4.13. The first kappa shape index (κ1) is 13.7. The van der Waals surface area contributed by atoms with Gasteiger partial charge in [0.05, 0.1) is 0 Å². The van der Waals surface area contributed by atoms with Gasteiger partial charge in [0, 0.05) is 11.5 Å². The normalized spacial score (nSPS) is 10.6. The molecule has 0 spiro atoms. The minimum Gasteiger partial charge on any atom is -0.0942 e. The number of hydrogen-bond acceptors (Lipinski definition) is 2. The fraction of sp³-hybridized carbons (Fsp3) is 1.00. The molecule has 0 rings (SSSR count). The van der Waals surface area contributed by atoms with Crippen LogP contribution in [0.2, 0.25) is 0 Å². The molecule has 0 aliphatic rings. The molecule has 0 bridgehead atoms. The Balaban J connectivity index is 2.76. The summed E-state index contributed by atoms with van der Waals surface area (Å²) in [5.74, 6) is 2.70. The van der Waals surface area contributed by atoms with Crippen molar-refractivity contribution in [3.8, 4) is 0 Å². The Morgan fingerprint density at radius 2 is 1.15 bits per heavy atom. The Morgan fingerprint density at radius 1 is 0.615 bits per heavy atom. The van der Waals surface area contributed by atoms with E-state index in [0.717, 1.165) is 0 Å². The Kier molecular flexibility index (Phi) is 13.4. The molecule has 0 heterocycles. The van der Waals surface area contributed by atoms with E-state index < -0.39 is 0 Å². The van der Waals surface area contributed by atoms with E-state index >= 15 is 0 Å². The second-order valence-electron chi connectivity index (χ2n) is 3.41. The first-order chi connectivity index (χ1) is 6.41. The molecule has 0 unspecified atom stereocenters. The van der Waals surface area contributed by atoms with Crippen molar-refractivity contribution in [2.24, 2.45) is 0 Å². The third-order valence-electron chi connectivity index (χ3n) is 2.00. The SMILES string of the molecule is CCCCCCCSSCCCC. The van der Waals surface area contributed by atoms with Crippen LogP contribution in [0.4, 0.5) is 0 Å². The summed E-state index contributed by atoms with van der Waals surface area (Å²) in [6, 6.07) is 0. The Bertz CT molecular complexity index is 74.2. The van der Waals surface area contributed by atoms with Crippen LogP contribution in [0.1, 0.15) is 58.8 Å². The topological polar surface area (TPSA) is 0 Å². The zero-order chi connectivity index (χ0) is 9.78. The molecule has 0 fully saturated rings. The van der Waals surface area contributed by atoms with Crippen LogP contribution in [0.25, 0.3) is 0 Å². The van der Waals surface area contributed by atoms with Gasteiger partial charge in [-0.25, -0.2) is 0 Å². The molecule has 0 radical (unpaired) electrons. The fourth-order valence-electron chi connectivity index (χ4n) is 1.09. The summed E-state index contributed by atoms with van der Waals surface area (Å²) in [6.07, 6.45) is 9.80. The van der Waals surface area contributed by atoms with Crippen LogP contribution in [0.15, 0.2) is 0 Å². The molecule has 0 saturated carbocycles. The quantitative estimate of drug-likeness (QED) is 0.369. The lowest BCUT2D eigenvalue weighted by Gasteiger charge is -2.00. The summed E-state index contributed by atoms with van der Waals surface area (Å²) in [4.78, 5) is 0. The molecule has 0 saturated heterocycles. The van der Waals surface area contributed by atoms with Gasteiger partial charge in [-0.1, -0.05) is 67.5 Å². The van der Waals surface area contributed by atoms with Gasteiger partial charge in [0.2, 0.25) is 0 Å². The molecule has 0 amide bonds. The molecule has 0 N–H and O–H groups in total. The molecule has 0 aromatic carbocycles. The maximum atomic E-state index is 2.27. The van der Waals surface area contributed by atoms with Crippen LogP contribution in [-0.2, 0) is 0 Å². The molecular formula is C11H24S2. The van der Waals surface area contributed by atoms with Gasteiger partial charge in [-0.2, -0.15) is 0 Å². The largest absolute Gasteiger partial charge is 0.0942 e. The van der Waals surface area contributed by atoms with Gasteiger partial charge in [-0.3, -0.25) is 0 Å². The molecule has 0 aromatic heterocycles. The maximum absolute atomic E-state index is 2.27. The predicted octanol–water partition coefficient (Wildman–Crippen LogP) is 5.14. The third kappa shape index (κ3) is 12.7. The van der Waals surface area contributed by atoms with Crippen LogP contribution >= 0.6 is 21.6 Å². The highest BCUT2D eigenvalue weighted by Gasteiger charge is 1.91. The minimum absolute atomic E-state index is 1.34. The molecule has 0 nitrogen and oxygen atoms in total. The number of unbranched alkanes of at least 4 members (excludes halogenated alkanes) is 5. The van der Waals surface area contributed by atoms with Crippen molar-refractivity contribution in [3.63, 3.8) is 0 Å². The molecular weight excluding hydrogens is 196 g/mol. The smallest absolute Gasteiger partial charge is 0.00369 e. The summed E-state index contributed by atoms with van der Waals surface area (Å²) in [5, 5.41) is 0. The van der Waals surface area contributed by atoms with E-state index in [1.54, 1.807) is 0 Å². The Morgan fingerprint density at radius 3 is 1.77 bits per heavy atom. The van der Waals surface area contributed by atoms with Crippen LogP contribution in [-0.4, -0.2) is 11.5 Å². The van der Waals surface area contributed by atoms with Crippen molar-refractivity contribution in [3.05, 3.63) is 0 Å². The van der Waals surface area contributed by atoms with E-state index in [1.807, 2.05) is 0 Å². The van der Waals surface area contributed by atoms with Gasteiger partial charge in [-0.05, 0) is 12.8 Å². The second kappa shape index (κ2) is 12.7. The average molecular weight is 220 g/mol. The second-order valence-corrected chi connectivity index (χ2v) is 6.11. The zero-order valence-corrected chi connectivity index (χ0v) is 10.8. The lowest BCUT2D eigenvalue weighted by atomic mass is 10.2. The highest BCUT2D eigenvalue weighted by Crippen LogP contribution is 2.23. The molecule has 0 aliphatic heterocycles. The number of rotatable bonds is 10. The highest BCUT2D eigenvalue weighted by atomic mass is 33.1. The molecule has 0 atom stereocenters. The van der Waals surface area contributed by atoms with Gasteiger partial charge in [0.1, 0.15) is 0 Å². The van der Waals surface area contributed by atoms with Gasteiger partial charge in [0.25, 0.3) is 0 Å². The van der Waals surface area contributed by atoms with E-state index in [-0.39, 0.29) is 0 Å². The maximum Gasteiger partial charge on any atom is 0.00369 e. The molecule has 0 aromatic rings. The average Bonchev–Trinajstić information content (AvgIpc) is 2.16. The molecule has 80 valence electrons. The number of hydrogen-bond donors (Lipinski definition) is 0. The van der Waals surface area contributed by atoms with Crippen LogP contribution < -0.4 is 0 Å². The summed E-state index contributed by atoms with van der Waals surface area (Å²) >= 11 is 0. The van der Waals surface area contributed by atoms with Crippen molar-refractivity contribution < 1.29 is 0 Å². The van der Waals surface area contributed by atoms with Gasteiger partial charge < -0.3 is 0 Å². The van der Waals surface area contributed by atoms with E-state index in [4.69, 9.17) is 0 Å². The monoisotopic (exact) mass is 220 g/mol. The predicted molar refractivity (Wildman–Crippen MR) is 68.6 cm³/mol. The first-order valence-corrected chi connectivity index (χ1v) is 8.15. The van der Waals surface area contributed by atoms with Crippen molar-refractivity contribution in [2.45, 2.75) is 58.8 Å². The third-order valence-corrected chi connectivity index (χ3v) is 4.57. The van der Waals surface area contributed by atoms with E-state index in [1.165, 1.54) is 56.5 Å². The summed E-state index contributed by atoms with van der Waals surface area (Å²) in [5.41, 5.74) is 0. The van der Waals surface area contributed by atoms with Crippen molar-refractivity contribution in [1.82, 2.24) is 0 Å².